The second-order valence-electron chi connectivity index (χ2n) is 5.40. The van der Waals surface area contributed by atoms with Crippen molar-refractivity contribution in [2.45, 2.75) is 12.8 Å². The molecular formula is C17H13NO2S. The number of amides is 1. The van der Waals surface area contributed by atoms with Crippen molar-refractivity contribution in [2.75, 3.05) is 5.32 Å². The lowest BCUT2D eigenvalue weighted by Gasteiger charge is -2.06. The normalized spacial score (nSPS) is 14.5. The van der Waals surface area contributed by atoms with Gasteiger partial charge in [0.15, 0.2) is 5.43 Å². The van der Waals surface area contributed by atoms with Gasteiger partial charge in [-0.2, -0.15) is 0 Å². The van der Waals surface area contributed by atoms with Crippen LogP contribution in [0.25, 0.3) is 20.2 Å². The summed E-state index contributed by atoms with van der Waals surface area (Å²) in [6, 6.07) is 13.2. The van der Waals surface area contributed by atoms with Crippen molar-refractivity contribution in [1.29, 1.82) is 0 Å². The second-order valence-corrected chi connectivity index (χ2v) is 6.49. The van der Waals surface area contributed by atoms with Gasteiger partial charge in [0, 0.05) is 31.8 Å². The molecule has 0 bridgehead atoms. The monoisotopic (exact) mass is 295 g/mol. The van der Waals surface area contributed by atoms with E-state index < -0.39 is 0 Å². The molecule has 1 fully saturated rings. The van der Waals surface area contributed by atoms with Crippen LogP contribution in [0.3, 0.4) is 0 Å². The molecule has 4 rings (SSSR count). The van der Waals surface area contributed by atoms with Crippen LogP contribution in [0, 0.1) is 5.92 Å². The Morgan fingerprint density at radius 2 is 1.81 bits per heavy atom. The van der Waals surface area contributed by atoms with Crippen molar-refractivity contribution in [3.05, 3.63) is 52.7 Å². The Morgan fingerprint density at radius 1 is 1.05 bits per heavy atom. The molecular weight excluding hydrogens is 282 g/mol. The average molecular weight is 295 g/mol. The second kappa shape index (κ2) is 4.67. The van der Waals surface area contributed by atoms with Crippen LogP contribution in [0.15, 0.2) is 47.3 Å². The Morgan fingerprint density at radius 3 is 2.62 bits per heavy atom. The van der Waals surface area contributed by atoms with Crippen molar-refractivity contribution in [3.63, 3.8) is 0 Å². The SMILES string of the molecule is O=C(Nc1ccc2sc3ccccc3c(=O)c2c1)C1CC1. The maximum Gasteiger partial charge on any atom is 0.227 e. The van der Waals surface area contributed by atoms with Gasteiger partial charge in [0.2, 0.25) is 5.91 Å². The standard InChI is InChI=1S/C17H13NO2S/c19-16-12-3-1-2-4-14(12)21-15-8-7-11(9-13(15)16)18-17(20)10-5-6-10/h1-4,7-10H,5-6H2,(H,18,20). The summed E-state index contributed by atoms with van der Waals surface area (Å²) < 4.78 is 1.94. The fourth-order valence-corrected chi connectivity index (χ4v) is 3.52. The molecule has 3 nitrogen and oxygen atoms in total. The number of hydrogen-bond acceptors (Lipinski definition) is 3. The third-order valence-corrected chi connectivity index (χ3v) is 4.94. The number of benzene rings is 2. The Kier molecular flexibility index (Phi) is 2.79. The van der Waals surface area contributed by atoms with Crippen LogP contribution in [-0.2, 0) is 4.79 Å². The summed E-state index contributed by atoms with van der Waals surface area (Å²) in [7, 11) is 0. The van der Waals surface area contributed by atoms with Crippen LogP contribution < -0.4 is 10.7 Å². The first-order valence-corrected chi connectivity index (χ1v) is 7.80. The molecule has 1 saturated carbocycles. The highest BCUT2D eigenvalue weighted by Crippen LogP contribution is 2.31. The molecule has 2 aromatic carbocycles. The number of fused-ring (bicyclic) bond motifs is 2. The quantitative estimate of drug-likeness (QED) is 0.732. The largest absolute Gasteiger partial charge is 0.326 e. The van der Waals surface area contributed by atoms with E-state index in [2.05, 4.69) is 5.32 Å². The maximum absolute atomic E-state index is 12.6. The van der Waals surface area contributed by atoms with Gasteiger partial charge in [-0.25, -0.2) is 0 Å². The molecule has 0 saturated heterocycles. The summed E-state index contributed by atoms with van der Waals surface area (Å²) in [5.74, 6) is 0.220. The molecule has 0 radical (unpaired) electrons. The summed E-state index contributed by atoms with van der Waals surface area (Å²) >= 11 is 1.60. The zero-order valence-corrected chi connectivity index (χ0v) is 12.1. The van der Waals surface area contributed by atoms with E-state index in [4.69, 9.17) is 0 Å². The van der Waals surface area contributed by atoms with E-state index in [0.29, 0.717) is 11.1 Å². The summed E-state index contributed by atoms with van der Waals surface area (Å²) in [6.07, 6.45) is 1.94. The Bertz CT molecular complexity index is 925. The third-order valence-electron chi connectivity index (χ3n) is 3.79. The van der Waals surface area contributed by atoms with Gasteiger partial charge in [0.05, 0.1) is 0 Å². The van der Waals surface area contributed by atoms with Gasteiger partial charge >= 0.3 is 0 Å². The number of nitrogens with one attached hydrogen (secondary N) is 1. The lowest BCUT2D eigenvalue weighted by molar-refractivity contribution is -0.117. The van der Waals surface area contributed by atoms with Gasteiger partial charge in [-0.05, 0) is 43.2 Å². The fraction of sp³-hybridized carbons (Fsp3) is 0.176. The Hall–Kier alpha value is -2.20. The van der Waals surface area contributed by atoms with Crippen LogP contribution in [0.1, 0.15) is 12.8 Å². The predicted molar refractivity (Wildman–Crippen MR) is 87.0 cm³/mol. The van der Waals surface area contributed by atoms with Gasteiger partial charge in [-0.3, -0.25) is 9.59 Å². The highest BCUT2D eigenvalue weighted by atomic mass is 32.1. The molecule has 0 spiro atoms. The van der Waals surface area contributed by atoms with Gasteiger partial charge < -0.3 is 5.32 Å². The number of carbonyl (C=O) groups is 1. The molecule has 1 aliphatic carbocycles. The number of carbonyl (C=O) groups excluding carboxylic acids is 1. The first-order chi connectivity index (χ1) is 10.2. The van der Waals surface area contributed by atoms with Crippen molar-refractivity contribution < 1.29 is 4.79 Å². The zero-order chi connectivity index (χ0) is 14.4. The van der Waals surface area contributed by atoms with Crippen molar-refractivity contribution in [2.24, 2.45) is 5.92 Å². The number of hydrogen-bond donors (Lipinski definition) is 1. The van der Waals surface area contributed by atoms with Crippen LogP contribution in [0.2, 0.25) is 0 Å². The number of anilines is 1. The molecule has 0 unspecified atom stereocenters. The first kappa shape index (κ1) is 12.5. The van der Waals surface area contributed by atoms with Crippen molar-refractivity contribution >= 4 is 43.1 Å². The predicted octanol–water partition coefficient (Wildman–Crippen LogP) is 3.76. The van der Waals surface area contributed by atoms with Gasteiger partial charge in [-0.1, -0.05) is 12.1 Å². The van der Waals surface area contributed by atoms with E-state index >= 15 is 0 Å². The summed E-state index contributed by atoms with van der Waals surface area (Å²) in [4.78, 5) is 24.4. The topological polar surface area (TPSA) is 46.2 Å². The maximum atomic E-state index is 12.6. The van der Waals surface area contributed by atoms with E-state index in [9.17, 15) is 9.59 Å². The Balaban J connectivity index is 1.86. The van der Waals surface area contributed by atoms with Crippen LogP contribution in [-0.4, -0.2) is 5.91 Å². The Labute approximate surface area is 125 Å². The van der Waals surface area contributed by atoms with E-state index in [1.807, 2.05) is 36.4 Å². The summed E-state index contributed by atoms with van der Waals surface area (Å²) in [6.45, 7) is 0. The fourth-order valence-electron chi connectivity index (χ4n) is 2.47. The minimum absolute atomic E-state index is 0.0295. The van der Waals surface area contributed by atoms with E-state index in [-0.39, 0.29) is 17.3 Å². The average Bonchev–Trinajstić information content (AvgIpc) is 3.33. The molecule has 0 aliphatic heterocycles. The molecule has 0 atom stereocenters. The number of rotatable bonds is 2. The van der Waals surface area contributed by atoms with Gasteiger partial charge in [-0.15, -0.1) is 11.3 Å². The summed E-state index contributed by atoms with van der Waals surface area (Å²) in [5, 5.41) is 4.31. The van der Waals surface area contributed by atoms with Crippen LogP contribution in [0.5, 0.6) is 0 Å². The highest BCUT2D eigenvalue weighted by molar-refractivity contribution is 7.24. The third kappa shape index (κ3) is 2.21. The van der Waals surface area contributed by atoms with Crippen LogP contribution >= 0.6 is 11.3 Å². The van der Waals surface area contributed by atoms with E-state index in [0.717, 1.165) is 27.6 Å². The van der Waals surface area contributed by atoms with E-state index in [1.54, 1.807) is 17.4 Å². The molecule has 1 heterocycles. The molecule has 21 heavy (non-hydrogen) atoms. The van der Waals surface area contributed by atoms with Gasteiger partial charge in [0.25, 0.3) is 0 Å². The highest BCUT2D eigenvalue weighted by Gasteiger charge is 2.29. The van der Waals surface area contributed by atoms with Crippen molar-refractivity contribution in [1.82, 2.24) is 0 Å². The lowest BCUT2D eigenvalue weighted by atomic mass is 10.1. The molecule has 4 heteroatoms. The molecule has 1 aromatic heterocycles. The molecule has 1 N–H and O–H groups in total. The van der Waals surface area contributed by atoms with Crippen LogP contribution in [0.4, 0.5) is 5.69 Å². The van der Waals surface area contributed by atoms with E-state index in [1.165, 1.54) is 0 Å². The zero-order valence-electron chi connectivity index (χ0n) is 11.3. The molecule has 1 amide bonds. The minimum Gasteiger partial charge on any atom is -0.326 e. The van der Waals surface area contributed by atoms with Crippen molar-refractivity contribution in [3.8, 4) is 0 Å². The van der Waals surface area contributed by atoms with Gasteiger partial charge in [0.1, 0.15) is 0 Å². The minimum atomic E-state index is 0.0295. The summed E-state index contributed by atoms with van der Waals surface area (Å²) in [5.41, 5.74) is 0.737. The molecule has 104 valence electrons. The molecule has 1 aliphatic rings. The first-order valence-electron chi connectivity index (χ1n) is 6.99. The molecule has 3 aromatic rings. The lowest BCUT2D eigenvalue weighted by Crippen LogP contribution is -2.13. The smallest absolute Gasteiger partial charge is 0.227 e.